The van der Waals surface area contributed by atoms with Gasteiger partial charge in [0, 0.05) is 36.9 Å². The van der Waals surface area contributed by atoms with Crippen LogP contribution < -0.4 is 20.8 Å². The quantitative estimate of drug-likeness (QED) is 0.785. The molecule has 2 aliphatic rings. The SMILES string of the molecule is Cc1c(F)c(N2CC[C@H](N)C2)c(OC(F)F)c2c1c(=O)c(C(=O)O)cn2C1CC1. The van der Waals surface area contributed by atoms with Gasteiger partial charge in [-0.2, -0.15) is 8.78 Å². The van der Waals surface area contributed by atoms with E-state index in [9.17, 15) is 23.5 Å². The molecular formula is C19H20F3N3O4. The number of aromatic carboxylic acids is 1. The van der Waals surface area contributed by atoms with Crippen LogP contribution >= 0.6 is 0 Å². The second-order valence-electron chi connectivity index (χ2n) is 7.53. The molecular weight excluding hydrogens is 391 g/mol. The predicted octanol–water partition coefficient (Wildman–Crippen LogP) is 2.62. The van der Waals surface area contributed by atoms with Gasteiger partial charge in [-0.3, -0.25) is 4.79 Å². The molecule has 4 rings (SSSR count). The van der Waals surface area contributed by atoms with E-state index in [-0.39, 0.29) is 40.8 Å². The summed E-state index contributed by atoms with van der Waals surface area (Å²) in [6, 6.07) is -0.417. The molecule has 1 aromatic heterocycles. The molecule has 7 nitrogen and oxygen atoms in total. The van der Waals surface area contributed by atoms with Crippen molar-refractivity contribution >= 4 is 22.6 Å². The lowest BCUT2D eigenvalue weighted by Crippen LogP contribution is -2.29. The number of aryl methyl sites for hydroxylation is 1. The Morgan fingerprint density at radius 2 is 2.03 bits per heavy atom. The van der Waals surface area contributed by atoms with E-state index >= 15 is 4.39 Å². The number of rotatable bonds is 5. The summed E-state index contributed by atoms with van der Waals surface area (Å²) in [5.74, 6) is -2.80. The summed E-state index contributed by atoms with van der Waals surface area (Å²) in [6.45, 7) is -1.31. The summed E-state index contributed by atoms with van der Waals surface area (Å²) in [4.78, 5) is 25.9. The number of carbonyl (C=O) groups is 1. The molecule has 0 amide bonds. The van der Waals surface area contributed by atoms with Crippen molar-refractivity contribution in [3.63, 3.8) is 0 Å². The first kappa shape index (κ1) is 19.6. The number of pyridine rings is 1. The van der Waals surface area contributed by atoms with Gasteiger partial charge in [-0.15, -0.1) is 0 Å². The highest BCUT2D eigenvalue weighted by Crippen LogP contribution is 2.46. The van der Waals surface area contributed by atoms with Crippen LogP contribution in [0.4, 0.5) is 18.9 Å². The maximum absolute atomic E-state index is 15.4. The van der Waals surface area contributed by atoms with Crippen molar-refractivity contribution in [3.05, 3.63) is 33.4 Å². The normalized spacial score (nSPS) is 19.4. The third-order valence-corrected chi connectivity index (χ3v) is 5.50. The number of alkyl halides is 2. The van der Waals surface area contributed by atoms with Crippen molar-refractivity contribution in [1.29, 1.82) is 0 Å². The van der Waals surface area contributed by atoms with Crippen molar-refractivity contribution in [2.75, 3.05) is 18.0 Å². The zero-order valence-corrected chi connectivity index (χ0v) is 15.6. The van der Waals surface area contributed by atoms with E-state index in [1.54, 1.807) is 0 Å². The van der Waals surface area contributed by atoms with Gasteiger partial charge in [0.2, 0.25) is 5.43 Å². The zero-order valence-electron chi connectivity index (χ0n) is 15.6. The van der Waals surface area contributed by atoms with Crippen LogP contribution in [-0.4, -0.2) is 41.4 Å². The minimum atomic E-state index is -3.25. The van der Waals surface area contributed by atoms with Crippen molar-refractivity contribution in [2.45, 2.75) is 44.9 Å². The number of carboxylic acids is 1. The molecule has 1 aromatic carbocycles. The van der Waals surface area contributed by atoms with E-state index in [0.29, 0.717) is 25.8 Å². The van der Waals surface area contributed by atoms with Gasteiger partial charge < -0.3 is 25.0 Å². The molecule has 1 aliphatic carbocycles. The van der Waals surface area contributed by atoms with Crippen LogP contribution in [0.25, 0.3) is 10.9 Å². The van der Waals surface area contributed by atoms with Gasteiger partial charge in [0.1, 0.15) is 11.3 Å². The number of hydrogen-bond acceptors (Lipinski definition) is 5. The summed E-state index contributed by atoms with van der Waals surface area (Å²) < 4.78 is 48.2. The minimum absolute atomic E-state index is 0.00262. The number of anilines is 1. The maximum Gasteiger partial charge on any atom is 0.387 e. The Labute approximate surface area is 163 Å². The van der Waals surface area contributed by atoms with E-state index < -0.39 is 35.1 Å². The highest BCUT2D eigenvalue weighted by molar-refractivity contribution is 5.99. The smallest absolute Gasteiger partial charge is 0.387 e. The molecule has 2 heterocycles. The van der Waals surface area contributed by atoms with Crippen molar-refractivity contribution in [3.8, 4) is 5.75 Å². The van der Waals surface area contributed by atoms with E-state index in [0.717, 1.165) is 6.20 Å². The van der Waals surface area contributed by atoms with Crippen molar-refractivity contribution < 1.29 is 27.8 Å². The van der Waals surface area contributed by atoms with Gasteiger partial charge in [0.25, 0.3) is 0 Å². The molecule has 1 atom stereocenters. The fourth-order valence-electron chi connectivity index (χ4n) is 3.98. The van der Waals surface area contributed by atoms with Crippen LogP contribution in [0.3, 0.4) is 0 Å². The Morgan fingerprint density at radius 1 is 1.34 bits per heavy atom. The molecule has 0 unspecified atom stereocenters. The van der Waals surface area contributed by atoms with Crippen molar-refractivity contribution in [2.24, 2.45) is 5.73 Å². The molecule has 1 saturated heterocycles. The third-order valence-electron chi connectivity index (χ3n) is 5.50. The van der Waals surface area contributed by atoms with Crippen LogP contribution in [0, 0.1) is 12.7 Å². The van der Waals surface area contributed by atoms with Gasteiger partial charge in [-0.25, -0.2) is 9.18 Å². The fourth-order valence-corrected chi connectivity index (χ4v) is 3.98. The average Bonchev–Trinajstić information content (AvgIpc) is 3.40. The summed E-state index contributed by atoms with van der Waals surface area (Å²) in [5, 5.41) is 9.15. The monoisotopic (exact) mass is 411 g/mol. The number of aromatic nitrogens is 1. The minimum Gasteiger partial charge on any atom is -0.477 e. The van der Waals surface area contributed by atoms with Crippen LogP contribution in [0.1, 0.15) is 41.2 Å². The number of ether oxygens (including phenoxy) is 1. The van der Waals surface area contributed by atoms with E-state index in [1.165, 1.54) is 16.4 Å². The highest BCUT2D eigenvalue weighted by Gasteiger charge is 2.35. The Bertz CT molecular complexity index is 1070. The number of hydrogen-bond donors (Lipinski definition) is 2. The molecule has 156 valence electrons. The van der Waals surface area contributed by atoms with E-state index in [1.807, 2.05) is 0 Å². The Morgan fingerprint density at radius 3 is 2.55 bits per heavy atom. The Balaban J connectivity index is 2.13. The lowest BCUT2D eigenvalue weighted by atomic mass is 10.0. The molecule has 1 aliphatic heterocycles. The lowest BCUT2D eigenvalue weighted by Gasteiger charge is -2.26. The maximum atomic E-state index is 15.4. The molecule has 29 heavy (non-hydrogen) atoms. The summed E-state index contributed by atoms with van der Waals surface area (Å²) in [5.41, 5.74) is 4.18. The largest absolute Gasteiger partial charge is 0.477 e. The molecule has 3 N–H and O–H groups in total. The zero-order chi connectivity index (χ0) is 21.0. The van der Waals surface area contributed by atoms with Crippen LogP contribution in [0.15, 0.2) is 11.0 Å². The number of nitrogens with zero attached hydrogens (tertiary/aromatic N) is 2. The molecule has 0 radical (unpaired) electrons. The number of halogens is 3. The van der Waals surface area contributed by atoms with Gasteiger partial charge >= 0.3 is 12.6 Å². The van der Waals surface area contributed by atoms with E-state index in [4.69, 9.17) is 10.5 Å². The van der Waals surface area contributed by atoms with Gasteiger partial charge in [0.15, 0.2) is 11.6 Å². The standard InChI is InChI=1S/C19H20F3N3O4/c1-8-12-14(25(10-2-3-10)7-11(16(12)26)18(27)28)17(29-19(21)22)15(13(8)20)24-5-4-9(23)6-24/h7,9-10,19H,2-6,23H2,1H3,(H,27,28)/t9-/m0/s1. The molecule has 2 fully saturated rings. The lowest BCUT2D eigenvalue weighted by molar-refractivity contribution is -0.0488. The Kier molecular flexibility index (Phi) is 4.68. The van der Waals surface area contributed by atoms with Crippen LogP contribution in [-0.2, 0) is 0 Å². The molecule has 1 saturated carbocycles. The molecule has 2 aromatic rings. The molecule has 0 bridgehead atoms. The fraction of sp³-hybridized carbons (Fsp3) is 0.474. The molecule has 0 spiro atoms. The number of carboxylic acid groups (broad SMARTS) is 1. The number of benzene rings is 1. The molecule has 10 heteroatoms. The van der Waals surface area contributed by atoms with Crippen LogP contribution in [0.5, 0.6) is 5.75 Å². The first-order valence-corrected chi connectivity index (χ1v) is 9.30. The first-order chi connectivity index (χ1) is 13.7. The van der Waals surface area contributed by atoms with Gasteiger partial charge in [0.05, 0.1) is 10.9 Å². The summed E-state index contributed by atoms with van der Waals surface area (Å²) >= 11 is 0. The topological polar surface area (TPSA) is 97.8 Å². The number of nitrogens with two attached hydrogens (primary N) is 1. The Hall–Kier alpha value is -2.75. The average molecular weight is 411 g/mol. The highest BCUT2D eigenvalue weighted by atomic mass is 19.3. The van der Waals surface area contributed by atoms with Crippen LogP contribution in [0.2, 0.25) is 0 Å². The first-order valence-electron chi connectivity index (χ1n) is 9.30. The summed E-state index contributed by atoms with van der Waals surface area (Å²) in [7, 11) is 0. The second-order valence-corrected chi connectivity index (χ2v) is 7.53. The van der Waals surface area contributed by atoms with Crippen molar-refractivity contribution in [1.82, 2.24) is 4.57 Å². The van der Waals surface area contributed by atoms with Gasteiger partial charge in [-0.05, 0) is 26.2 Å². The van der Waals surface area contributed by atoms with E-state index in [2.05, 4.69) is 0 Å². The predicted molar refractivity (Wildman–Crippen MR) is 99.6 cm³/mol. The summed E-state index contributed by atoms with van der Waals surface area (Å²) in [6.07, 6.45) is 3.06. The number of fused-ring (bicyclic) bond motifs is 1. The second kappa shape index (κ2) is 6.94. The van der Waals surface area contributed by atoms with Gasteiger partial charge in [-0.1, -0.05) is 0 Å². The third kappa shape index (κ3) is 3.21.